The van der Waals surface area contributed by atoms with Crippen molar-refractivity contribution in [3.8, 4) is 0 Å². The summed E-state index contributed by atoms with van der Waals surface area (Å²) in [6, 6.07) is 0. The van der Waals surface area contributed by atoms with Gasteiger partial charge >= 0.3 is 5.97 Å². The third-order valence-corrected chi connectivity index (χ3v) is 9.14. The van der Waals surface area contributed by atoms with Crippen LogP contribution in [-0.2, 0) is 23.4 Å². The Hall–Kier alpha value is -0.733. The highest BCUT2D eigenvalue weighted by Crippen LogP contribution is 2.39. The minimum Gasteiger partial charge on any atom is -0.457 e. The first-order valence-corrected chi connectivity index (χ1v) is 11.2. The van der Waals surface area contributed by atoms with Crippen LogP contribution in [0.1, 0.15) is 34.6 Å². The van der Waals surface area contributed by atoms with Crippen LogP contribution in [0.25, 0.3) is 0 Å². The Bertz CT molecular complexity index is 445. The minimum absolute atomic E-state index is 0.0459. The molecule has 1 aliphatic rings. The van der Waals surface area contributed by atoms with Crippen molar-refractivity contribution in [2.45, 2.75) is 83.5 Å². The van der Waals surface area contributed by atoms with Crippen molar-refractivity contribution in [2.24, 2.45) is 0 Å². The first-order chi connectivity index (χ1) is 10.9. The molecule has 7 heteroatoms. The van der Waals surface area contributed by atoms with Gasteiger partial charge in [-0.1, -0.05) is 26.8 Å². The van der Waals surface area contributed by atoms with Crippen molar-refractivity contribution in [3.63, 3.8) is 0 Å². The summed E-state index contributed by atoms with van der Waals surface area (Å²) in [7, 11) is -2.19. The number of hydrogen-bond acceptors (Lipinski definition) is 6. The molecule has 0 aliphatic carbocycles. The number of carbonyl (C=O) groups excluding carboxylic acids is 1. The Balaban J connectivity index is 3.05. The molecule has 1 N–H and O–H groups in total. The summed E-state index contributed by atoms with van der Waals surface area (Å²) in [4.78, 5) is 11.3. The highest BCUT2D eigenvalue weighted by molar-refractivity contribution is 6.74. The lowest BCUT2D eigenvalue weighted by atomic mass is 10.00. The van der Waals surface area contributed by atoms with Crippen molar-refractivity contribution in [2.75, 3.05) is 6.61 Å². The van der Waals surface area contributed by atoms with Gasteiger partial charge in [0.2, 0.25) is 0 Å². The molecule has 1 fully saturated rings. The second kappa shape index (κ2) is 8.10. The second-order valence-electron chi connectivity index (χ2n) is 7.74. The molecule has 5 atom stereocenters. The molecule has 0 spiro atoms. The zero-order valence-electron chi connectivity index (χ0n) is 15.9. The third kappa shape index (κ3) is 5.13. The highest BCUT2D eigenvalue weighted by atomic mass is 28.4. The first kappa shape index (κ1) is 21.3. The van der Waals surface area contributed by atoms with Gasteiger partial charge in [-0.2, -0.15) is 0 Å². The van der Waals surface area contributed by atoms with Gasteiger partial charge in [0.25, 0.3) is 0 Å². The maximum atomic E-state index is 11.3. The molecular formula is C17H32O6Si. The summed E-state index contributed by atoms with van der Waals surface area (Å²) in [6.45, 7) is 17.5. The van der Waals surface area contributed by atoms with Crippen LogP contribution < -0.4 is 0 Å². The molecule has 1 heterocycles. The van der Waals surface area contributed by atoms with Crippen LogP contribution in [0.15, 0.2) is 12.7 Å². The quantitative estimate of drug-likeness (QED) is 0.446. The molecule has 1 saturated heterocycles. The van der Waals surface area contributed by atoms with E-state index >= 15 is 0 Å². The Morgan fingerprint density at radius 3 is 2.38 bits per heavy atom. The molecule has 1 rings (SSSR count). The third-order valence-electron chi connectivity index (χ3n) is 4.67. The molecule has 0 amide bonds. The number of rotatable bonds is 6. The van der Waals surface area contributed by atoms with Crippen LogP contribution in [0.5, 0.6) is 0 Å². The summed E-state index contributed by atoms with van der Waals surface area (Å²) in [5.41, 5.74) is 0. The van der Waals surface area contributed by atoms with Crippen LogP contribution in [0.3, 0.4) is 0 Å². The van der Waals surface area contributed by atoms with Gasteiger partial charge in [-0.05, 0) is 25.1 Å². The van der Waals surface area contributed by atoms with E-state index in [1.807, 2.05) is 0 Å². The molecule has 0 unspecified atom stereocenters. The van der Waals surface area contributed by atoms with E-state index in [1.165, 1.54) is 6.92 Å². The molecule has 6 nitrogen and oxygen atoms in total. The number of aliphatic hydroxyl groups is 1. The van der Waals surface area contributed by atoms with E-state index < -0.39 is 45.0 Å². The average Bonchev–Trinajstić information content (AvgIpc) is 2.43. The van der Waals surface area contributed by atoms with Gasteiger partial charge in [0.15, 0.2) is 20.7 Å². The van der Waals surface area contributed by atoms with Crippen LogP contribution in [0, 0.1) is 0 Å². The van der Waals surface area contributed by atoms with Crippen LogP contribution in [0.2, 0.25) is 18.1 Å². The molecular weight excluding hydrogens is 328 g/mol. The molecule has 1 aliphatic heterocycles. The topological polar surface area (TPSA) is 74.2 Å². The molecule has 0 saturated carbocycles. The fourth-order valence-corrected chi connectivity index (χ4v) is 3.57. The number of ether oxygens (including phenoxy) is 3. The van der Waals surface area contributed by atoms with E-state index in [1.54, 1.807) is 13.0 Å². The smallest absolute Gasteiger partial charge is 0.303 e. The van der Waals surface area contributed by atoms with Crippen LogP contribution in [-0.4, -0.2) is 56.7 Å². The van der Waals surface area contributed by atoms with E-state index in [4.69, 9.17) is 18.6 Å². The Morgan fingerprint density at radius 2 is 1.92 bits per heavy atom. The van der Waals surface area contributed by atoms with Crippen molar-refractivity contribution < 1.29 is 28.5 Å². The summed E-state index contributed by atoms with van der Waals surface area (Å²) >= 11 is 0. The SMILES string of the molecule is C=CCO[C@H]1O[C@H](C)[C@H](OC(C)=O)[C@H](O)[C@H]1O[Si](C)(C)C(C)(C)C. The molecule has 0 bridgehead atoms. The Labute approximate surface area is 146 Å². The molecule has 0 radical (unpaired) electrons. The van der Waals surface area contributed by atoms with E-state index in [0.29, 0.717) is 0 Å². The molecule has 0 aromatic rings. The number of aliphatic hydroxyl groups excluding tert-OH is 1. The monoisotopic (exact) mass is 360 g/mol. The lowest BCUT2D eigenvalue weighted by Gasteiger charge is -2.47. The lowest BCUT2D eigenvalue weighted by Crippen LogP contribution is -2.62. The summed E-state index contributed by atoms with van der Waals surface area (Å²) in [5.74, 6) is -0.467. The maximum Gasteiger partial charge on any atom is 0.303 e. The molecule has 0 aromatic carbocycles. The normalized spacial score (nSPS) is 31.6. The van der Waals surface area contributed by atoms with Crippen molar-refractivity contribution in [1.29, 1.82) is 0 Å². The standard InChI is InChI=1S/C17H32O6Si/c1-9-10-20-16-15(23-24(7,8)17(4,5)6)13(19)14(11(2)21-16)22-12(3)18/h9,11,13-16,19H,1,10H2,2-8H3/t11-,13+,14+,15-,16+/m1/s1. The van der Waals surface area contributed by atoms with Gasteiger partial charge in [0.05, 0.1) is 12.7 Å². The Kier molecular flexibility index (Phi) is 7.19. The molecule has 140 valence electrons. The van der Waals surface area contributed by atoms with Gasteiger partial charge in [-0.3, -0.25) is 4.79 Å². The van der Waals surface area contributed by atoms with Crippen LogP contribution in [0.4, 0.5) is 0 Å². The fraction of sp³-hybridized carbons (Fsp3) is 0.824. The van der Waals surface area contributed by atoms with E-state index in [9.17, 15) is 9.90 Å². The largest absolute Gasteiger partial charge is 0.457 e. The van der Waals surface area contributed by atoms with Crippen molar-refractivity contribution in [1.82, 2.24) is 0 Å². The minimum atomic E-state index is -2.19. The van der Waals surface area contributed by atoms with Crippen molar-refractivity contribution in [3.05, 3.63) is 12.7 Å². The zero-order valence-corrected chi connectivity index (χ0v) is 16.9. The van der Waals surface area contributed by atoms with Crippen LogP contribution >= 0.6 is 0 Å². The second-order valence-corrected chi connectivity index (χ2v) is 12.5. The highest BCUT2D eigenvalue weighted by Gasteiger charge is 2.50. The Morgan fingerprint density at radius 1 is 1.33 bits per heavy atom. The van der Waals surface area contributed by atoms with Gasteiger partial charge in [0, 0.05) is 6.92 Å². The number of esters is 1. The van der Waals surface area contributed by atoms with Gasteiger partial charge in [-0.15, -0.1) is 6.58 Å². The summed E-state index contributed by atoms with van der Waals surface area (Å²) < 4.78 is 23.1. The lowest BCUT2D eigenvalue weighted by molar-refractivity contribution is -0.289. The zero-order chi connectivity index (χ0) is 18.7. The fourth-order valence-electron chi connectivity index (χ4n) is 2.29. The van der Waals surface area contributed by atoms with Gasteiger partial charge < -0.3 is 23.7 Å². The first-order valence-electron chi connectivity index (χ1n) is 8.31. The van der Waals surface area contributed by atoms with Gasteiger partial charge in [-0.25, -0.2) is 0 Å². The maximum absolute atomic E-state index is 11.3. The summed E-state index contributed by atoms with van der Waals surface area (Å²) in [5, 5.41) is 10.7. The van der Waals surface area contributed by atoms with Crippen molar-refractivity contribution >= 4 is 14.3 Å². The predicted octanol–water partition coefficient (Wildman–Crippen LogP) is 2.62. The van der Waals surface area contributed by atoms with Gasteiger partial charge in [0.1, 0.15) is 12.2 Å². The average molecular weight is 361 g/mol. The number of hydrogen-bond donors (Lipinski definition) is 1. The molecule has 0 aromatic heterocycles. The van der Waals surface area contributed by atoms with E-state index in [2.05, 4.69) is 40.4 Å². The summed E-state index contributed by atoms with van der Waals surface area (Å²) in [6.07, 6.45) is -2.18. The van der Waals surface area contributed by atoms with E-state index in [0.717, 1.165) is 0 Å². The predicted molar refractivity (Wildman–Crippen MR) is 94.1 cm³/mol. The van der Waals surface area contributed by atoms with E-state index in [-0.39, 0.29) is 11.6 Å². The number of carbonyl (C=O) groups is 1. The molecule has 24 heavy (non-hydrogen) atoms.